The smallest absolute Gasteiger partial charge is 0.287 e. The van der Waals surface area contributed by atoms with Gasteiger partial charge in [0.05, 0.1) is 35.0 Å². The van der Waals surface area contributed by atoms with Gasteiger partial charge in [-0.05, 0) is 56.2 Å². The first-order chi connectivity index (χ1) is 15.1. The molecule has 0 spiro atoms. The number of amides is 1. The van der Waals surface area contributed by atoms with Crippen LogP contribution in [0, 0.1) is 0 Å². The number of benzene rings is 2. The van der Waals surface area contributed by atoms with Gasteiger partial charge in [-0.25, -0.2) is 4.98 Å². The molecule has 1 atom stereocenters. The molecule has 4 rings (SSSR count). The molecule has 31 heavy (non-hydrogen) atoms. The molecular weight excluding hydrogens is 414 g/mol. The molecule has 1 amide bonds. The Kier molecular flexibility index (Phi) is 6.57. The Hall–Kier alpha value is -3.25. The quantitative estimate of drug-likeness (QED) is 0.344. The van der Waals surface area contributed by atoms with Gasteiger partial charge in [-0.15, -0.1) is 0 Å². The van der Waals surface area contributed by atoms with Crippen molar-refractivity contribution in [1.82, 2.24) is 14.9 Å². The second-order valence-electron chi connectivity index (χ2n) is 7.27. The minimum atomic E-state index is -0.274. The molecular formula is C24H24ClN3O3. The summed E-state index contributed by atoms with van der Waals surface area (Å²) in [4.78, 5) is 17.2. The summed E-state index contributed by atoms with van der Waals surface area (Å²) in [7, 11) is 0. The van der Waals surface area contributed by atoms with E-state index >= 15 is 0 Å². The Balaban J connectivity index is 1.42. The van der Waals surface area contributed by atoms with E-state index in [9.17, 15) is 4.79 Å². The zero-order chi connectivity index (χ0) is 21.6. The number of nitrogens with one attached hydrogen (secondary N) is 1. The molecule has 4 aromatic rings. The Morgan fingerprint density at radius 3 is 2.74 bits per heavy atom. The van der Waals surface area contributed by atoms with E-state index in [4.69, 9.17) is 25.7 Å². The van der Waals surface area contributed by atoms with Gasteiger partial charge in [0.25, 0.3) is 5.91 Å². The summed E-state index contributed by atoms with van der Waals surface area (Å²) >= 11 is 6.14. The predicted molar refractivity (Wildman–Crippen MR) is 121 cm³/mol. The molecule has 1 N–H and O–H groups in total. The molecule has 0 aliphatic rings. The summed E-state index contributed by atoms with van der Waals surface area (Å²) in [5.41, 5.74) is 1.95. The summed E-state index contributed by atoms with van der Waals surface area (Å²) < 4.78 is 13.2. The molecule has 0 bridgehead atoms. The lowest BCUT2D eigenvalue weighted by Gasteiger charge is -2.16. The average molecular weight is 438 g/mol. The van der Waals surface area contributed by atoms with Crippen LogP contribution in [0.4, 0.5) is 0 Å². The molecule has 160 valence electrons. The van der Waals surface area contributed by atoms with Crippen molar-refractivity contribution >= 4 is 28.5 Å². The van der Waals surface area contributed by atoms with Crippen molar-refractivity contribution in [2.75, 3.05) is 6.61 Å². The van der Waals surface area contributed by atoms with Crippen molar-refractivity contribution in [1.29, 1.82) is 0 Å². The van der Waals surface area contributed by atoms with E-state index in [1.54, 1.807) is 12.1 Å². The molecule has 2 aromatic carbocycles. The number of hydrogen-bond donors (Lipinski definition) is 1. The summed E-state index contributed by atoms with van der Waals surface area (Å²) in [6.45, 7) is 3.28. The summed E-state index contributed by atoms with van der Waals surface area (Å²) in [6, 6.07) is 18.5. The Bertz CT molecular complexity index is 1150. The van der Waals surface area contributed by atoms with Gasteiger partial charge in [0, 0.05) is 6.54 Å². The van der Waals surface area contributed by atoms with Gasteiger partial charge in [-0.3, -0.25) is 4.79 Å². The van der Waals surface area contributed by atoms with Crippen LogP contribution in [0.15, 0.2) is 71.3 Å². The number of unbranched alkanes of at least 4 members (excludes halogenated alkanes) is 1. The third-order valence-electron chi connectivity index (χ3n) is 5.03. The third kappa shape index (κ3) is 4.91. The normalized spacial score (nSPS) is 12.1. The van der Waals surface area contributed by atoms with Crippen LogP contribution in [0.25, 0.3) is 11.0 Å². The second kappa shape index (κ2) is 9.71. The Morgan fingerprint density at radius 2 is 1.94 bits per heavy atom. The maximum Gasteiger partial charge on any atom is 0.287 e. The number of imidazole rings is 1. The number of aromatic nitrogens is 2. The zero-order valence-electron chi connectivity index (χ0n) is 17.3. The standard InChI is InChI=1S/C24H24ClN3O3/c1-17(26-24(29)22-13-8-16-31-22)23-27-19-10-3-4-11-20(19)28(23)14-6-7-15-30-21-12-5-2-9-18(21)25/h2-5,8-13,16-17H,6-7,14-15H2,1H3,(H,26,29)/t17-/m0/s1. The van der Waals surface area contributed by atoms with E-state index in [0.717, 1.165) is 36.2 Å². The van der Waals surface area contributed by atoms with Crippen molar-refractivity contribution < 1.29 is 13.9 Å². The molecule has 6 nitrogen and oxygen atoms in total. The fourth-order valence-corrected chi connectivity index (χ4v) is 3.71. The number of carbonyl (C=O) groups excluding carboxylic acids is 1. The number of aryl methyl sites for hydroxylation is 1. The lowest BCUT2D eigenvalue weighted by atomic mass is 10.2. The molecule has 0 saturated heterocycles. The number of carbonyl (C=O) groups is 1. The van der Waals surface area contributed by atoms with E-state index in [2.05, 4.69) is 9.88 Å². The van der Waals surface area contributed by atoms with Gasteiger partial charge in [0.1, 0.15) is 11.6 Å². The van der Waals surface area contributed by atoms with Crippen LogP contribution in [-0.2, 0) is 6.54 Å². The van der Waals surface area contributed by atoms with E-state index in [1.165, 1.54) is 6.26 Å². The van der Waals surface area contributed by atoms with Crippen molar-refractivity contribution in [3.8, 4) is 5.75 Å². The van der Waals surface area contributed by atoms with Gasteiger partial charge in [-0.1, -0.05) is 35.9 Å². The van der Waals surface area contributed by atoms with Crippen molar-refractivity contribution in [2.24, 2.45) is 0 Å². The zero-order valence-corrected chi connectivity index (χ0v) is 18.0. The number of nitrogens with zero attached hydrogens (tertiary/aromatic N) is 2. The largest absolute Gasteiger partial charge is 0.492 e. The first kappa shape index (κ1) is 21.0. The van der Waals surface area contributed by atoms with Gasteiger partial charge < -0.3 is 19.0 Å². The Labute approximate surface area is 185 Å². The fourth-order valence-electron chi connectivity index (χ4n) is 3.52. The summed E-state index contributed by atoms with van der Waals surface area (Å²) in [6.07, 6.45) is 3.25. The van der Waals surface area contributed by atoms with E-state index in [0.29, 0.717) is 17.4 Å². The van der Waals surface area contributed by atoms with Crippen LogP contribution in [0.1, 0.15) is 42.2 Å². The lowest BCUT2D eigenvalue weighted by molar-refractivity contribution is 0.0909. The molecule has 0 radical (unpaired) electrons. The van der Waals surface area contributed by atoms with Gasteiger partial charge in [-0.2, -0.15) is 0 Å². The predicted octanol–water partition coefficient (Wildman–Crippen LogP) is 5.63. The van der Waals surface area contributed by atoms with Crippen LogP contribution >= 0.6 is 11.6 Å². The molecule has 0 aliphatic carbocycles. The first-order valence-corrected chi connectivity index (χ1v) is 10.7. The van der Waals surface area contributed by atoms with Crippen molar-refractivity contribution in [3.05, 3.63) is 83.5 Å². The van der Waals surface area contributed by atoms with Crippen LogP contribution in [0.5, 0.6) is 5.75 Å². The van der Waals surface area contributed by atoms with Crippen molar-refractivity contribution in [2.45, 2.75) is 32.4 Å². The number of hydrogen-bond acceptors (Lipinski definition) is 4. The van der Waals surface area contributed by atoms with Gasteiger partial charge >= 0.3 is 0 Å². The molecule has 2 aromatic heterocycles. The fraction of sp³-hybridized carbons (Fsp3) is 0.250. The summed E-state index contributed by atoms with van der Waals surface area (Å²) in [5, 5.41) is 3.59. The van der Waals surface area contributed by atoms with Crippen molar-refractivity contribution in [3.63, 3.8) is 0 Å². The number of ether oxygens (including phenoxy) is 1. The number of halogens is 1. The van der Waals surface area contributed by atoms with Gasteiger partial charge in [0.15, 0.2) is 5.76 Å². The highest BCUT2D eigenvalue weighted by molar-refractivity contribution is 6.32. The molecule has 7 heteroatoms. The maximum atomic E-state index is 12.4. The highest BCUT2D eigenvalue weighted by Crippen LogP contribution is 2.24. The minimum absolute atomic E-state index is 0.260. The molecule has 2 heterocycles. The number of fused-ring (bicyclic) bond motifs is 1. The summed E-state index contributed by atoms with van der Waals surface area (Å²) in [5.74, 6) is 1.54. The number of furan rings is 1. The lowest BCUT2D eigenvalue weighted by Crippen LogP contribution is -2.28. The topological polar surface area (TPSA) is 69.3 Å². The van der Waals surface area contributed by atoms with Gasteiger partial charge in [0.2, 0.25) is 0 Å². The second-order valence-corrected chi connectivity index (χ2v) is 7.68. The van der Waals surface area contributed by atoms with Crippen LogP contribution in [0.2, 0.25) is 5.02 Å². The third-order valence-corrected chi connectivity index (χ3v) is 5.35. The van der Waals surface area contributed by atoms with Crippen LogP contribution < -0.4 is 10.1 Å². The Morgan fingerprint density at radius 1 is 1.13 bits per heavy atom. The molecule has 0 saturated carbocycles. The average Bonchev–Trinajstić information content (AvgIpc) is 3.43. The van der Waals surface area contributed by atoms with E-state index in [1.807, 2.05) is 55.5 Å². The van der Waals surface area contributed by atoms with Crippen LogP contribution in [0.3, 0.4) is 0 Å². The molecule has 0 aliphatic heterocycles. The van der Waals surface area contributed by atoms with E-state index < -0.39 is 0 Å². The minimum Gasteiger partial charge on any atom is -0.492 e. The maximum absolute atomic E-state index is 12.4. The number of para-hydroxylation sites is 3. The SMILES string of the molecule is C[C@H](NC(=O)c1ccco1)c1nc2ccccc2n1CCCCOc1ccccc1Cl. The highest BCUT2D eigenvalue weighted by Gasteiger charge is 2.20. The highest BCUT2D eigenvalue weighted by atomic mass is 35.5. The van der Waals surface area contributed by atoms with Crippen LogP contribution in [-0.4, -0.2) is 22.1 Å². The molecule has 0 fully saturated rings. The molecule has 0 unspecified atom stereocenters. The first-order valence-electron chi connectivity index (χ1n) is 10.3. The number of rotatable bonds is 9. The van der Waals surface area contributed by atoms with E-state index in [-0.39, 0.29) is 17.7 Å². The monoisotopic (exact) mass is 437 g/mol.